The van der Waals surface area contributed by atoms with Gasteiger partial charge in [-0.15, -0.1) is 0 Å². The topological polar surface area (TPSA) is 78.4 Å². The fourth-order valence-electron chi connectivity index (χ4n) is 16.2. The van der Waals surface area contributed by atoms with Crippen molar-refractivity contribution in [3.8, 4) is 51.3 Å². The molecule has 11 heteroatoms. The molecule has 1 aliphatic carbocycles. The second-order valence-corrected chi connectivity index (χ2v) is 32.7. The van der Waals surface area contributed by atoms with Crippen molar-refractivity contribution in [1.29, 1.82) is 0 Å². The summed E-state index contributed by atoms with van der Waals surface area (Å²) in [6, 6.07) is 34.0. The van der Waals surface area contributed by atoms with Crippen LogP contribution < -0.4 is 30.2 Å². The first-order valence-corrected chi connectivity index (χ1v) is 39.1. The Labute approximate surface area is 729 Å². The van der Waals surface area contributed by atoms with E-state index >= 15 is 0 Å². The smallest absolute Gasteiger partial charge is 0.269 e. The van der Waals surface area contributed by atoms with Gasteiger partial charge in [-0.2, -0.15) is 15.0 Å². The second-order valence-electron chi connectivity index (χ2n) is 29.2. The van der Waals surface area contributed by atoms with E-state index in [-0.39, 0.29) is 45.7 Å². The number of imidazole rings is 1. The molecule has 0 fully saturated rings. The fraction of sp³-hybridized carbons (Fsp3) is 0.114. The quantitative estimate of drug-likeness (QED) is 0.0469. The third kappa shape index (κ3) is 11.3. The van der Waals surface area contributed by atoms with Crippen molar-refractivity contribution in [1.82, 2.24) is 38.2 Å². The molecule has 0 bridgehead atoms. The SMILES string of the molecule is [2H]c1c([2H])c([2H])c([Si](c2c([2H])c([2H])c([2H])c([2H])c2[2H])(c2c([2H])c([2H])c([2H])c([2H])c2[2H])c2c([2H])c([2H])c([2H])c(-c3cccc(-c4c([2H])c([2H])c5c(c4[2H])C(C([2H])([2H])[2H])(C([2H])([2H])[2H])C([2H])([2H])C([2H])([2H])C5(C([2H])([2H])[2H])C([2H])([2H])[2H])c3-[n+]3[c-]n(-c4cccc(N(c5ccc6c7ccccc7n(-c7cc(C(C)(C)C)ccn7)c6c5)c5nc(-n6c7ccccc7c7ccccc76)nc(-n6c7ccccc7c7ccccc76)n5)c4)c4ccccc43)c2[2H])c([2H])c1[2H]. The highest BCUT2D eigenvalue weighted by Crippen LogP contribution is 2.49. The molecular formula is C105H84N10Si. The maximum atomic E-state index is 11.4. The van der Waals surface area contributed by atoms with Crippen LogP contribution in [-0.4, -0.2) is 46.3 Å². The van der Waals surface area contributed by atoms with Gasteiger partial charge in [-0.25, -0.2) is 4.98 Å². The number of para-hydroxylation sites is 8. The molecule has 6 aromatic heterocycles. The zero-order valence-electron chi connectivity index (χ0n) is 99.8. The van der Waals surface area contributed by atoms with Gasteiger partial charge in [-0.1, -0.05) is 327 Å². The molecule has 6 heterocycles. The molecule has 21 rings (SSSR count). The first-order chi connectivity index (χ1) is 72.4. The van der Waals surface area contributed by atoms with Gasteiger partial charge in [0.1, 0.15) is 5.82 Å². The molecule has 0 saturated heterocycles. The van der Waals surface area contributed by atoms with Crippen molar-refractivity contribution in [2.45, 2.75) is 77.2 Å². The van der Waals surface area contributed by atoms with Crippen LogP contribution in [0.25, 0.3) is 128 Å². The van der Waals surface area contributed by atoms with Crippen LogP contribution in [0.5, 0.6) is 0 Å². The molecule has 0 spiro atoms. The summed E-state index contributed by atoms with van der Waals surface area (Å²) in [5.74, 6) is 0.772. The Bertz CT molecular complexity index is 8920. The van der Waals surface area contributed by atoms with Gasteiger partial charge < -0.3 is 0 Å². The van der Waals surface area contributed by atoms with Gasteiger partial charge in [0.15, 0.2) is 8.07 Å². The summed E-state index contributed by atoms with van der Waals surface area (Å²) in [5.41, 5.74) is -12.6. The van der Waals surface area contributed by atoms with Gasteiger partial charge in [-0.3, -0.25) is 27.7 Å². The van der Waals surface area contributed by atoms with Crippen molar-refractivity contribution in [2.24, 2.45) is 0 Å². The summed E-state index contributed by atoms with van der Waals surface area (Å²) in [7, 11) is -6.81. The summed E-state index contributed by atoms with van der Waals surface area (Å²) in [6.07, 6.45) is -4.63. The largest absolute Gasteiger partial charge is 0.294 e. The van der Waals surface area contributed by atoms with E-state index in [1.807, 2.05) is 165 Å². The Hall–Kier alpha value is -13.9. The molecule has 0 unspecified atom stereocenters. The van der Waals surface area contributed by atoms with Crippen LogP contribution in [0.15, 0.2) is 358 Å². The van der Waals surface area contributed by atoms with E-state index in [4.69, 9.17) is 24.0 Å². The number of aromatic nitrogens is 9. The maximum absolute atomic E-state index is 11.4. The zero-order chi connectivity index (χ0) is 111. The average Bonchev–Trinajstić information content (AvgIpc) is 0.647. The Morgan fingerprint density at radius 2 is 0.914 bits per heavy atom. The minimum atomic E-state index is -6.81. The molecule has 14 aromatic carbocycles. The minimum absolute atomic E-state index is 0.0249. The molecular weight excluding hydrogens is 1430 g/mol. The Morgan fingerprint density at radius 1 is 0.431 bits per heavy atom. The van der Waals surface area contributed by atoms with Crippen molar-refractivity contribution < 1.29 is 56.7 Å². The number of fused-ring (bicyclic) bond motifs is 11. The number of pyridine rings is 1. The number of nitrogens with zero attached hydrogens (tertiary/aromatic N) is 10. The molecule has 0 N–H and O–H groups in total. The van der Waals surface area contributed by atoms with Crippen LogP contribution in [-0.2, 0) is 16.2 Å². The van der Waals surface area contributed by atoms with Crippen LogP contribution >= 0.6 is 0 Å². The second kappa shape index (κ2) is 27.2. The number of benzene rings is 14. The number of hydrogen-bond donors (Lipinski definition) is 0. The Morgan fingerprint density at radius 3 is 1.47 bits per heavy atom. The molecule has 0 saturated carbocycles. The lowest BCUT2D eigenvalue weighted by Gasteiger charge is -2.42. The number of anilines is 3. The highest BCUT2D eigenvalue weighted by molar-refractivity contribution is 7.20. The van der Waals surface area contributed by atoms with E-state index in [2.05, 4.69) is 27.1 Å². The monoisotopic (exact) mass is 1550 g/mol. The first-order valence-electron chi connectivity index (χ1n) is 56.1. The number of hydrogen-bond acceptors (Lipinski definition) is 5. The van der Waals surface area contributed by atoms with Crippen LogP contribution in [0.2, 0.25) is 0 Å². The van der Waals surface area contributed by atoms with Gasteiger partial charge in [0.25, 0.3) is 6.33 Å². The van der Waals surface area contributed by atoms with E-state index in [1.165, 1.54) is 16.7 Å². The summed E-state index contributed by atoms with van der Waals surface area (Å²) < 4.78 is 378. The van der Waals surface area contributed by atoms with Crippen LogP contribution in [0.4, 0.5) is 17.3 Å². The van der Waals surface area contributed by atoms with E-state index in [9.17, 15) is 48.0 Å². The third-order valence-electron chi connectivity index (χ3n) is 21.4. The molecule has 116 heavy (non-hydrogen) atoms. The lowest BCUT2D eigenvalue weighted by atomic mass is 9.63. The van der Waals surface area contributed by atoms with Crippen LogP contribution in [0, 0.1) is 6.33 Å². The van der Waals surface area contributed by atoms with Crippen LogP contribution in [0.3, 0.4) is 0 Å². The summed E-state index contributed by atoms with van der Waals surface area (Å²) in [5, 5.41) is -0.100. The summed E-state index contributed by atoms with van der Waals surface area (Å²) >= 11 is 0. The summed E-state index contributed by atoms with van der Waals surface area (Å²) in [4.78, 5) is 23.6. The molecule has 10 nitrogen and oxygen atoms in total. The molecule has 558 valence electrons. The molecule has 0 aliphatic heterocycles. The number of rotatable bonds is 14. The van der Waals surface area contributed by atoms with E-state index in [0.29, 0.717) is 39.1 Å². The van der Waals surface area contributed by atoms with Crippen molar-refractivity contribution in [3.05, 3.63) is 381 Å². The van der Waals surface area contributed by atoms with Crippen LogP contribution in [0.1, 0.15) is 130 Å². The van der Waals surface area contributed by atoms with Crippen molar-refractivity contribution in [2.75, 3.05) is 4.90 Å². The average molecular weight is 1550 g/mol. The van der Waals surface area contributed by atoms with Gasteiger partial charge in [0, 0.05) is 66.1 Å². The molecule has 0 atom stereocenters. The fourth-order valence-corrected chi connectivity index (χ4v) is 19.7. The molecule has 20 aromatic rings. The van der Waals surface area contributed by atoms with Gasteiger partial charge in [0.05, 0.1) is 91.4 Å². The molecule has 1 aliphatic rings. The van der Waals surface area contributed by atoms with Gasteiger partial charge in [0.2, 0.25) is 17.8 Å². The first kappa shape index (κ1) is 40.7. The van der Waals surface area contributed by atoms with E-state index < -0.39 is 252 Å². The van der Waals surface area contributed by atoms with Gasteiger partial charge in [-0.05, 0) is 161 Å². The summed E-state index contributed by atoms with van der Waals surface area (Å²) in [6.45, 7) is -12.1. The zero-order valence-corrected chi connectivity index (χ0v) is 62.8. The van der Waals surface area contributed by atoms with Crippen molar-refractivity contribution >= 4 is 123 Å². The Balaban J connectivity index is 0.927. The lowest BCUT2D eigenvalue weighted by molar-refractivity contribution is -0.571. The molecule has 0 amide bonds. The van der Waals surface area contributed by atoms with Crippen molar-refractivity contribution in [3.63, 3.8) is 0 Å². The highest BCUT2D eigenvalue weighted by atomic mass is 28.3. The third-order valence-corrected chi connectivity index (χ3v) is 25.4. The standard InChI is InChI=1S/C105H84N10Si/c1-103(2,3)72-60-63-106-98(66-72)113-90-49-22-17-46-86(90)87-58-57-75(68-97(87)113)112(100-107-101(114-91-50-23-18-42-82(91)83-43-19-24-51-92(83)114)109-102(108-100)115-93-52-25-20-44-84(93)85-45-21-26-53-94(85)115)74-34-30-33-73(67-74)110-69-111(96-55-28-27-54-95(96)110)99-80(47-31-48-81(99)71-56-59-88-89(65-71)105(6,7)62-61-104(88,4)5)70-32-29-41-79(64-70)116(76-35-11-8-12-36-76,77-37-13-9-14-38-77)78-39-15-10-16-40-78/h8-60,63-68H,61-62H2,1-7H3/i4D3,5D3,6D3,7D3,8D,9D,10D,11D,12D,13D,14D,15D,16D,29D,32D,35D,36D,37D,38D,39D,40D,41D,56D,59D,61D2,62D2,64D,65D. The predicted octanol–water partition coefficient (Wildman–Crippen LogP) is 22.4. The molecule has 0 radical (unpaired) electrons. The van der Waals surface area contributed by atoms with Gasteiger partial charge >= 0.3 is 0 Å². The predicted molar refractivity (Wildman–Crippen MR) is 481 cm³/mol. The normalized spacial score (nSPS) is 19.5. The van der Waals surface area contributed by atoms with E-state index in [0.717, 1.165) is 66.2 Å². The lowest BCUT2D eigenvalue weighted by Crippen LogP contribution is -2.74. The minimum Gasteiger partial charge on any atom is -0.294 e. The maximum Gasteiger partial charge on any atom is 0.269 e. The Kier molecular flexibility index (Phi) is 9.54. The highest BCUT2D eigenvalue weighted by Gasteiger charge is 2.42. The van der Waals surface area contributed by atoms with E-state index in [1.54, 1.807) is 47.5 Å².